The molecular formula is C14H15NO2Se. The Hall–Kier alpha value is -1.38. The first-order chi connectivity index (χ1) is 8.72. The molecule has 18 heavy (non-hydrogen) atoms. The van der Waals surface area contributed by atoms with Gasteiger partial charge >= 0.3 is 113 Å². The van der Waals surface area contributed by atoms with E-state index < -0.39 is 0 Å². The van der Waals surface area contributed by atoms with Gasteiger partial charge in [0.25, 0.3) is 0 Å². The Bertz CT molecular complexity index is 458. The van der Waals surface area contributed by atoms with E-state index in [4.69, 9.17) is 0 Å². The van der Waals surface area contributed by atoms with Crippen molar-refractivity contribution in [3.05, 3.63) is 43.0 Å². The van der Waals surface area contributed by atoms with Crippen molar-refractivity contribution in [3.8, 4) is 0 Å². The number of likely N-dealkylation sites (tertiary alicyclic amines) is 1. The Morgan fingerprint density at radius 3 is 2.83 bits per heavy atom. The predicted octanol–water partition coefficient (Wildman–Crippen LogP) is 0.720. The monoisotopic (exact) mass is 309 g/mol. The number of hydrogen-bond acceptors (Lipinski definition) is 2. The van der Waals surface area contributed by atoms with Crippen LogP contribution in [-0.2, 0) is 9.59 Å². The molecule has 0 aromatic heterocycles. The third-order valence-corrected chi connectivity index (χ3v) is 4.95. The van der Waals surface area contributed by atoms with E-state index in [-0.39, 0.29) is 31.6 Å². The van der Waals surface area contributed by atoms with E-state index >= 15 is 0 Å². The molecule has 1 aromatic carbocycles. The molecule has 0 saturated carbocycles. The third-order valence-electron chi connectivity index (χ3n) is 2.89. The summed E-state index contributed by atoms with van der Waals surface area (Å²) in [5.74, 6) is 0.0668. The van der Waals surface area contributed by atoms with Crippen molar-refractivity contribution in [2.24, 2.45) is 0 Å². The summed E-state index contributed by atoms with van der Waals surface area (Å²) in [4.78, 5) is 25.6. The fourth-order valence-electron chi connectivity index (χ4n) is 2.02. The van der Waals surface area contributed by atoms with Crippen LogP contribution in [0.1, 0.15) is 12.8 Å². The number of hydrogen-bond donors (Lipinski definition) is 0. The van der Waals surface area contributed by atoms with Gasteiger partial charge in [-0.1, -0.05) is 0 Å². The van der Waals surface area contributed by atoms with Crippen LogP contribution in [0.25, 0.3) is 0 Å². The van der Waals surface area contributed by atoms with Gasteiger partial charge in [-0.05, 0) is 0 Å². The third kappa shape index (κ3) is 2.89. The van der Waals surface area contributed by atoms with Crippen molar-refractivity contribution in [1.29, 1.82) is 0 Å². The SMILES string of the molecule is C=CCN1C(=O)CC[C@H]1C(=O)[Se]c1ccccc1. The normalized spacial score (nSPS) is 19.0. The maximum atomic E-state index is 12.2. The Labute approximate surface area is 113 Å². The average molecular weight is 308 g/mol. The van der Waals surface area contributed by atoms with Gasteiger partial charge in [0.1, 0.15) is 0 Å². The van der Waals surface area contributed by atoms with Gasteiger partial charge < -0.3 is 0 Å². The van der Waals surface area contributed by atoms with Crippen LogP contribution in [0.15, 0.2) is 43.0 Å². The topological polar surface area (TPSA) is 37.4 Å². The van der Waals surface area contributed by atoms with Crippen molar-refractivity contribution in [2.75, 3.05) is 6.54 Å². The Morgan fingerprint density at radius 2 is 2.17 bits per heavy atom. The van der Waals surface area contributed by atoms with Crippen molar-refractivity contribution in [3.63, 3.8) is 0 Å². The molecule has 94 valence electrons. The van der Waals surface area contributed by atoms with Crippen molar-refractivity contribution >= 4 is 30.0 Å². The van der Waals surface area contributed by atoms with Crippen LogP contribution in [0.4, 0.5) is 0 Å². The Morgan fingerprint density at radius 1 is 1.44 bits per heavy atom. The molecule has 0 unspecified atom stereocenters. The van der Waals surface area contributed by atoms with Crippen LogP contribution in [0.2, 0.25) is 0 Å². The number of carbonyl (C=O) groups excluding carboxylic acids is 2. The molecule has 2 rings (SSSR count). The standard InChI is InChI=1S/C14H15NO2Se/c1-2-10-15-12(8-9-13(15)16)14(17)18-11-6-4-3-5-7-11/h2-7,12H,1,8-10H2/t12-/m0/s1. The summed E-state index contributed by atoms with van der Waals surface area (Å²) in [5, 5.41) is 0. The Kier molecular flexibility index (Phi) is 4.34. The quantitative estimate of drug-likeness (QED) is 0.594. The predicted molar refractivity (Wildman–Crippen MR) is 71.8 cm³/mol. The summed E-state index contributed by atoms with van der Waals surface area (Å²) in [6.45, 7) is 4.11. The van der Waals surface area contributed by atoms with Crippen LogP contribution < -0.4 is 4.46 Å². The summed E-state index contributed by atoms with van der Waals surface area (Å²) < 4.78 is 1.24. The number of amides is 1. The van der Waals surface area contributed by atoms with E-state index in [2.05, 4.69) is 6.58 Å². The molecule has 0 N–H and O–H groups in total. The van der Waals surface area contributed by atoms with Crippen LogP contribution in [0, 0.1) is 0 Å². The van der Waals surface area contributed by atoms with E-state index in [0.29, 0.717) is 19.4 Å². The van der Waals surface area contributed by atoms with E-state index in [1.807, 2.05) is 30.3 Å². The fourth-order valence-corrected chi connectivity index (χ4v) is 3.92. The van der Waals surface area contributed by atoms with Crippen molar-refractivity contribution in [1.82, 2.24) is 4.90 Å². The molecule has 1 aliphatic rings. The first-order valence-corrected chi connectivity index (χ1v) is 7.61. The number of carbonyl (C=O) groups is 2. The Balaban J connectivity index is 2.04. The fraction of sp³-hybridized carbons (Fsp3) is 0.286. The van der Waals surface area contributed by atoms with E-state index in [1.54, 1.807) is 11.0 Å². The van der Waals surface area contributed by atoms with Crippen LogP contribution in [-0.4, -0.2) is 43.0 Å². The summed E-state index contributed by atoms with van der Waals surface area (Å²) in [5.41, 5.74) is 0. The van der Waals surface area contributed by atoms with Gasteiger partial charge in [-0.25, -0.2) is 0 Å². The molecule has 0 bridgehead atoms. The van der Waals surface area contributed by atoms with E-state index in [1.165, 1.54) is 0 Å². The summed E-state index contributed by atoms with van der Waals surface area (Å²) in [6, 6.07) is 9.50. The molecule has 0 spiro atoms. The summed E-state index contributed by atoms with van der Waals surface area (Å²) >= 11 is -0.212. The molecule has 1 heterocycles. The first kappa shape index (κ1) is 13.1. The maximum absolute atomic E-state index is 12.2. The van der Waals surface area contributed by atoms with Gasteiger partial charge in [0, 0.05) is 0 Å². The van der Waals surface area contributed by atoms with Crippen LogP contribution in [0.3, 0.4) is 0 Å². The van der Waals surface area contributed by atoms with Gasteiger partial charge in [0.15, 0.2) is 0 Å². The minimum absolute atomic E-state index is 0.0668. The van der Waals surface area contributed by atoms with Crippen molar-refractivity contribution < 1.29 is 9.59 Å². The van der Waals surface area contributed by atoms with E-state index in [9.17, 15) is 9.59 Å². The van der Waals surface area contributed by atoms with Gasteiger partial charge in [-0.15, -0.1) is 0 Å². The zero-order chi connectivity index (χ0) is 13.0. The molecule has 0 radical (unpaired) electrons. The van der Waals surface area contributed by atoms with Crippen LogP contribution >= 0.6 is 0 Å². The van der Waals surface area contributed by atoms with Crippen LogP contribution in [0.5, 0.6) is 0 Å². The molecule has 0 aliphatic carbocycles. The molecule has 3 nitrogen and oxygen atoms in total. The molecule has 4 heteroatoms. The molecule has 1 atom stereocenters. The van der Waals surface area contributed by atoms with Gasteiger partial charge in [-0.3, -0.25) is 0 Å². The first-order valence-electron chi connectivity index (χ1n) is 5.89. The zero-order valence-electron chi connectivity index (χ0n) is 10.0. The van der Waals surface area contributed by atoms with Crippen molar-refractivity contribution in [2.45, 2.75) is 18.9 Å². The summed E-state index contributed by atoms with van der Waals surface area (Å²) in [7, 11) is 0. The molecule has 1 aliphatic heterocycles. The van der Waals surface area contributed by atoms with E-state index in [0.717, 1.165) is 4.46 Å². The number of rotatable bonds is 5. The minimum atomic E-state index is -0.240. The second-order valence-corrected chi connectivity index (χ2v) is 6.38. The molecular weight excluding hydrogens is 293 g/mol. The number of nitrogens with zero attached hydrogens (tertiary/aromatic N) is 1. The summed E-state index contributed by atoms with van der Waals surface area (Å²) in [6.07, 6.45) is 2.81. The molecule has 1 aromatic rings. The second kappa shape index (κ2) is 5.98. The van der Waals surface area contributed by atoms with Gasteiger partial charge in [-0.2, -0.15) is 0 Å². The zero-order valence-corrected chi connectivity index (χ0v) is 11.8. The van der Waals surface area contributed by atoms with Gasteiger partial charge in [0.05, 0.1) is 0 Å². The molecule has 1 fully saturated rings. The van der Waals surface area contributed by atoms with Gasteiger partial charge in [0.2, 0.25) is 0 Å². The molecule has 1 amide bonds. The second-order valence-electron chi connectivity index (χ2n) is 4.12. The average Bonchev–Trinajstić information content (AvgIpc) is 2.73. The molecule has 1 saturated heterocycles. The number of benzene rings is 1.